The largest absolute Gasteiger partial charge is 0.496 e. The topological polar surface area (TPSA) is 47.3 Å². The maximum Gasteiger partial charge on any atom is 0.122 e. The Morgan fingerprint density at radius 2 is 1.90 bits per heavy atom. The van der Waals surface area contributed by atoms with Gasteiger partial charge < -0.3 is 4.74 Å². The summed E-state index contributed by atoms with van der Waals surface area (Å²) in [5.41, 5.74) is 4.01. The molecule has 5 heteroatoms. The van der Waals surface area contributed by atoms with Gasteiger partial charge in [0.1, 0.15) is 5.75 Å². The minimum absolute atomic E-state index is 0.141. The van der Waals surface area contributed by atoms with E-state index in [4.69, 9.17) is 22.2 Å². The zero-order valence-electron chi connectivity index (χ0n) is 11.9. The third-order valence-electron chi connectivity index (χ3n) is 3.17. The van der Waals surface area contributed by atoms with Crippen molar-refractivity contribution in [2.45, 2.75) is 17.4 Å². The number of ether oxygens (including phenoxy) is 1. The first kappa shape index (κ1) is 16.2. The molecule has 0 radical (unpaired) electrons. The second kappa shape index (κ2) is 8.29. The van der Waals surface area contributed by atoms with E-state index in [1.807, 2.05) is 42.5 Å². The molecule has 112 valence electrons. The van der Waals surface area contributed by atoms with Crippen LogP contribution in [0.1, 0.15) is 5.56 Å². The lowest BCUT2D eigenvalue weighted by Gasteiger charge is -2.17. The van der Waals surface area contributed by atoms with Crippen LogP contribution in [-0.2, 0) is 6.42 Å². The van der Waals surface area contributed by atoms with Crippen molar-refractivity contribution in [1.82, 2.24) is 5.43 Å². The number of para-hydroxylation sites is 1. The number of methoxy groups -OCH3 is 1. The number of nitrogens with one attached hydrogen (secondary N) is 1. The van der Waals surface area contributed by atoms with Crippen molar-refractivity contribution >= 4 is 23.4 Å². The predicted molar refractivity (Wildman–Crippen MR) is 90.0 cm³/mol. The lowest BCUT2D eigenvalue weighted by atomic mass is 10.1. The van der Waals surface area contributed by atoms with Gasteiger partial charge in [0.2, 0.25) is 0 Å². The second-order valence-electron chi connectivity index (χ2n) is 4.62. The second-order valence-corrected chi connectivity index (χ2v) is 6.09. The van der Waals surface area contributed by atoms with Gasteiger partial charge in [-0.05, 0) is 30.2 Å². The summed E-state index contributed by atoms with van der Waals surface area (Å²) < 4.78 is 5.38. The molecule has 1 atom stereocenters. The molecule has 21 heavy (non-hydrogen) atoms. The SMILES string of the molecule is COc1ccccc1CC(CSc1ccccc1Cl)NN. The smallest absolute Gasteiger partial charge is 0.122 e. The molecule has 1 unspecified atom stereocenters. The standard InChI is InChI=1S/C16H19ClN2OS/c1-20-15-8-4-2-6-12(15)10-13(19-18)11-21-16-9-5-3-7-14(16)17/h2-9,13,19H,10-11,18H2,1H3. The summed E-state index contributed by atoms with van der Waals surface area (Å²) in [6.07, 6.45) is 0.804. The zero-order valence-corrected chi connectivity index (χ0v) is 13.5. The summed E-state index contributed by atoms with van der Waals surface area (Å²) in [6.45, 7) is 0. The van der Waals surface area contributed by atoms with Crippen molar-refractivity contribution in [1.29, 1.82) is 0 Å². The van der Waals surface area contributed by atoms with E-state index in [-0.39, 0.29) is 6.04 Å². The van der Waals surface area contributed by atoms with Crippen molar-refractivity contribution in [2.24, 2.45) is 5.84 Å². The van der Waals surface area contributed by atoms with Crippen LogP contribution in [0.4, 0.5) is 0 Å². The highest BCUT2D eigenvalue weighted by atomic mass is 35.5. The summed E-state index contributed by atoms with van der Waals surface area (Å²) in [5, 5.41) is 0.774. The molecule has 0 aromatic heterocycles. The van der Waals surface area contributed by atoms with Crippen molar-refractivity contribution in [2.75, 3.05) is 12.9 Å². The lowest BCUT2D eigenvalue weighted by Crippen LogP contribution is -2.38. The first-order chi connectivity index (χ1) is 10.2. The highest BCUT2D eigenvalue weighted by molar-refractivity contribution is 7.99. The van der Waals surface area contributed by atoms with Crippen LogP contribution in [-0.4, -0.2) is 18.9 Å². The average molecular weight is 323 g/mol. The first-order valence-electron chi connectivity index (χ1n) is 6.70. The Kier molecular flexibility index (Phi) is 6.39. The molecule has 0 saturated heterocycles. The molecule has 2 aromatic carbocycles. The first-order valence-corrected chi connectivity index (χ1v) is 8.06. The van der Waals surface area contributed by atoms with E-state index in [1.165, 1.54) is 0 Å². The fourth-order valence-corrected chi connectivity index (χ4v) is 3.33. The van der Waals surface area contributed by atoms with Crippen molar-refractivity contribution in [3.63, 3.8) is 0 Å². The van der Waals surface area contributed by atoms with Crippen molar-refractivity contribution in [3.8, 4) is 5.75 Å². The number of benzene rings is 2. The lowest BCUT2D eigenvalue weighted by molar-refractivity contribution is 0.406. The molecule has 0 fully saturated rings. The maximum absolute atomic E-state index is 6.17. The van der Waals surface area contributed by atoms with Gasteiger partial charge in [-0.1, -0.05) is 41.9 Å². The van der Waals surface area contributed by atoms with Crippen LogP contribution < -0.4 is 16.0 Å². The van der Waals surface area contributed by atoms with Crippen molar-refractivity contribution in [3.05, 3.63) is 59.1 Å². The van der Waals surface area contributed by atoms with Crippen LogP contribution in [0.25, 0.3) is 0 Å². The fourth-order valence-electron chi connectivity index (χ4n) is 2.06. The van der Waals surface area contributed by atoms with E-state index in [1.54, 1.807) is 18.9 Å². The Labute approximate surface area is 134 Å². The van der Waals surface area contributed by atoms with E-state index in [2.05, 4.69) is 11.5 Å². The van der Waals surface area contributed by atoms with Crippen molar-refractivity contribution < 1.29 is 4.74 Å². The minimum atomic E-state index is 0.141. The molecule has 0 saturated carbocycles. The monoisotopic (exact) mass is 322 g/mol. The Balaban J connectivity index is 1.99. The van der Waals surface area contributed by atoms with Crippen LogP contribution in [0.2, 0.25) is 5.02 Å². The molecular formula is C16H19ClN2OS. The zero-order chi connectivity index (χ0) is 15.1. The third-order valence-corrected chi connectivity index (χ3v) is 4.85. The number of rotatable bonds is 7. The van der Waals surface area contributed by atoms with Crippen LogP contribution in [0.3, 0.4) is 0 Å². The number of nitrogens with two attached hydrogens (primary N) is 1. The van der Waals surface area contributed by atoms with E-state index >= 15 is 0 Å². The van der Waals surface area contributed by atoms with Gasteiger partial charge in [-0.25, -0.2) is 0 Å². The summed E-state index contributed by atoms with van der Waals surface area (Å²) in [6, 6.07) is 16.0. The molecule has 0 heterocycles. The van der Waals surface area contributed by atoms with E-state index < -0.39 is 0 Å². The summed E-state index contributed by atoms with van der Waals surface area (Å²) >= 11 is 7.86. The van der Waals surface area contributed by atoms with Gasteiger partial charge in [0, 0.05) is 16.7 Å². The Bertz CT molecular complexity index is 580. The van der Waals surface area contributed by atoms with Gasteiger partial charge in [-0.2, -0.15) is 0 Å². The highest BCUT2D eigenvalue weighted by Crippen LogP contribution is 2.28. The molecule has 0 spiro atoms. The molecule has 3 nitrogen and oxygen atoms in total. The van der Waals surface area contributed by atoms with Gasteiger partial charge in [-0.15, -0.1) is 11.8 Å². The third kappa shape index (κ3) is 4.64. The van der Waals surface area contributed by atoms with Gasteiger partial charge in [0.15, 0.2) is 0 Å². The molecule has 0 amide bonds. The quantitative estimate of drug-likeness (QED) is 0.465. The number of hydrogen-bond acceptors (Lipinski definition) is 4. The molecule has 0 aliphatic heterocycles. The molecule has 2 rings (SSSR count). The van der Waals surface area contributed by atoms with Crippen LogP contribution >= 0.6 is 23.4 Å². The van der Waals surface area contributed by atoms with Gasteiger partial charge >= 0.3 is 0 Å². The van der Waals surface area contributed by atoms with E-state index in [9.17, 15) is 0 Å². The fraction of sp³-hybridized carbons (Fsp3) is 0.250. The van der Waals surface area contributed by atoms with Gasteiger partial charge in [-0.3, -0.25) is 11.3 Å². The molecule has 0 bridgehead atoms. The molecule has 0 aliphatic rings. The summed E-state index contributed by atoms with van der Waals surface area (Å²) in [4.78, 5) is 1.07. The highest BCUT2D eigenvalue weighted by Gasteiger charge is 2.12. The normalized spacial score (nSPS) is 12.1. The minimum Gasteiger partial charge on any atom is -0.496 e. The maximum atomic E-state index is 6.17. The summed E-state index contributed by atoms with van der Waals surface area (Å²) in [5.74, 6) is 7.40. The number of thioether (sulfide) groups is 1. The van der Waals surface area contributed by atoms with Crippen LogP contribution in [0, 0.1) is 0 Å². The molecule has 3 N–H and O–H groups in total. The molecular weight excluding hydrogens is 304 g/mol. The Morgan fingerprint density at radius 1 is 1.19 bits per heavy atom. The average Bonchev–Trinajstić information content (AvgIpc) is 2.53. The number of hydrogen-bond donors (Lipinski definition) is 2. The van der Waals surface area contributed by atoms with Gasteiger partial charge in [0.25, 0.3) is 0 Å². The number of halogens is 1. The predicted octanol–water partition coefficient (Wildman–Crippen LogP) is 3.52. The van der Waals surface area contributed by atoms with Crippen LogP contribution in [0.5, 0.6) is 5.75 Å². The molecule has 0 aliphatic carbocycles. The van der Waals surface area contributed by atoms with E-state index in [0.29, 0.717) is 0 Å². The van der Waals surface area contributed by atoms with E-state index in [0.717, 1.165) is 33.4 Å². The van der Waals surface area contributed by atoms with Crippen LogP contribution in [0.15, 0.2) is 53.4 Å². The molecule has 2 aromatic rings. The van der Waals surface area contributed by atoms with Gasteiger partial charge in [0.05, 0.1) is 12.1 Å². The Morgan fingerprint density at radius 3 is 2.62 bits per heavy atom. The Hall–Kier alpha value is -1.20. The number of hydrazine groups is 1. The summed E-state index contributed by atoms with van der Waals surface area (Å²) in [7, 11) is 1.68.